The number of nitrogens with zero attached hydrogens (tertiary/aromatic N) is 2. The first-order valence-electron chi connectivity index (χ1n) is 7.81. The highest BCUT2D eigenvalue weighted by Crippen LogP contribution is 2.38. The van der Waals surface area contributed by atoms with E-state index < -0.39 is 12.1 Å². The van der Waals surface area contributed by atoms with E-state index in [-0.39, 0.29) is 24.6 Å². The number of benzene rings is 2. The minimum absolute atomic E-state index is 0.115. The summed E-state index contributed by atoms with van der Waals surface area (Å²) in [6.45, 7) is -0.419. The molecular weight excluding hydrogens is 330 g/mol. The lowest BCUT2D eigenvalue weighted by Gasteiger charge is -2.35. The summed E-state index contributed by atoms with van der Waals surface area (Å²) in [7, 11) is 0. The second-order valence-corrected chi connectivity index (χ2v) is 5.73. The van der Waals surface area contributed by atoms with E-state index in [0.717, 1.165) is 0 Å². The van der Waals surface area contributed by atoms with Gasteiger partial charge >= 0.3 is 12.1 Å². The van der Waals surface area contributed by atoms with Gasteiger partial charge in [0.2, 0.25) is 5.89 Å². The number of ether oxygens (including phenoxy) is 1. The number of rotatable bonds is 2. The minimum atomic E-state index is -3.41. The van der Waals surface area contributed by atoms with Crippen molar-refractivity contribution in [1.82, 2.24) is 9.88 Å². The van der Waals surface area contributed by atoms with Crippen LogP contribution in [0.25, 0.3) is 11.1 Å². The molecule has 128 valence electrons. The van der Waals surface area contributed by atoms with Crippen LogP contribution in [0.5, 0.6) is 0 Å². The Morgan fingerprint density at radius 3 is 2.80 bits per heavy atom. The Morgan fingerprint density at radius 2 is 1.96 bits per heavy atom. The average molecular weight is 344 g/mol. The predicted molar refractivity (Wildman–Crippen MR) is 84.9 cm³/mol. The molecule has 7 heteroatoms. The number of carbonyl (C=O) groups is 1. The van der Waals surface area contributed by atoms with Crippen LogP contribution < -0.4 is 0 Å². The van der Waals surface area contributed by atoms with E-state index >= 15 is 0 Å². The maximum atomic E-state index is 14.6. The summed E-state index contributed by atoms with van der Waals surface area (Å²) in [6.07, 6.45) is -0.745. The zero-order valence-corrected chi connectivity index (χ0v) is 13.1. The van der Waals surface area contributed by atoms with Gasteiger partial charge in [-0.3, -0.25) is 0 Å². The number of carbonyl (C=O) groups excluding carboxylic acids is 1. The zero-order chi connectivity index (χ0) is 17.4. The smallest absolute Gasteiger partial charge is 0.415 e. The summed E-state index contributed by atoms with van der Waals surface area (Å²) in [5.41, 5.74) is 1.53. The van der Waals surface area contributed by atoms with Gasteiger partial charge in [0, 0.05) is 12.1 Å². The van der Waals surface area contributed by atoms with Gasteiger partial charge in [-0.25, -0.2) is 14.7 Å². The molecule has 0 saturated heterocycles. The molecule has 0 unspecified atom stereocenters. The molecule has 0 aliphatic carbocycles. The summed E-state index contributed by atoms with van der Waals surface area (Å²) in [5.74, 6) is 0.162. The fourth-order valence-electron chi connectivity index (χ4n) is 2.94. The molecule has 0 bridgehead atoms. The molecule has 5 nitrogen and oxygen atoms in total. The lowest BCUT2D eigenvalue weighted by atomic mass is 9.98. The molecule has 1 aliphatic heterocycles. The van der Waals surface area contributed by atoms with E-state index in [1.807, 2.05) is 0 Å². The third-order valence-corrected chi connectivity index (χ3v) is 4.16. The summed E-state index contributed by atoms with van der Waals surface area (Å²) >= 11 is 0. The van der Waals surface area contributed by atoms with Crippen LogP contribution in [0.15, 0.2) is 52.9 Å². The van der Waals surface area contributed by atoms with E-state index in [0.29, 0.717) is 28.0 Å². The molecule has 2 heterocycles. The van der Waals surface area contributed by atoms with Crippen molar-refractivity contribution in [2.75, 3.05) is 6.54 Å². The fraction of sp³-hybridized carbons (Fsp3) is 0.222. The summed E-state index contributed by atoms with van der Waals surface area (Å²) in [4.78, 5) is 16.8. The van der Waals surface area contributed by atoms with Crippen molar-refractivity contribution in [3.8, 4) is 0 Å². The lowest BCUT2D eigenvalue weighted by Crippen LogP contribution is -2.48. The van der Waals surface area contributed by atoms with Gasteiger partial charge in [0.1, 0.15) is 5.52 Å². The topological polar surface area (TPSA) is 55.6 Å². The molecule has 0 spiro atoms. The van der Waals surface area contributed by atoms with E-state index in [1.165, 1.54) is 12.1 Å². The van der Waals surface area contributed by atoms with Gasteiger partial charge in [0.05, 0.1) is 0 Å². The van der Waals surface area contributed by atoms with Gasteiger partial charge in [0.25, 0.3) is 0 Å². The molecule has 0 saturated carbocycles. The van der Waals surface area contributed by atoms with Crippen molar-refractivity contribution >= 4 is 17.2 Å². The molecule has 25 heavy (non-hydrogen) atoms. The first kappa shape index (κ1) is 15.6. The maximum absolute atomic E-state index is 14.6. The molecule has 0 atom stereocenters. The molecule has 0 fully saturated rings. The quantitative estimate of drug-likeness (QED) is 0.658. The van der Waals surface area contributed by atoms with Crippen molar-refractivity contribution in [3.05, 3.63) is 65.5 Å². The number of fused-ring (bicyclic) bond motifs is 2. The van der Waals surface area contributed by atoms with Gasteiger partial charge < -0.3 is 9.15 Å². The largest absolute Gasteiger partial charge is 0.439 e. The van der Waals surface area contributed by atoms with Crippen LogP contribution in [0, 0.1) is 0 Å². The van der Waals surface area contributed by atoms with Crippen LogP contribution in [0.4, 0.5) is 13.6 Å². The van der Waals surface area contributed by atoms with Gasteiger partial charge in [-0.15, -0.1) is 0 Å². The van der Waals surface area contributed by atoms with Crippen molar-refractivity contribution in [2.45, 2.75) is 19.1 Å². The second kappa shape index (κ2) is 5.84. The first-order chi connectivity index (χ1) is 12.1. The van der Waals surface area contributed by atoms with Crippen LogP contribution in [0.2, 0.25) is 0 Å². The molecular formula is C18H14F2N2O3. The Bertz CT molecular complexity index is 906. The van der Waals surface area contributed by atoms with Crippen LogP contribution >= 0.6 is 0 Å². The number of alkyl halides is 2. The Balaban J connectivity index is 1.49. The molecule has 4 rings (SSSR count). The van der Waals surface area contributed by atoms with Crippen molar-refractivity contribution < 1.29 is 22.7 Å². The Labute approximate surface area is 141 Å². The van der Waals surface area contributed by atoms with Crippen LogP contribution in [0.1, 0.15) is 17.0 Å². The highest BCUT2D eigenvalue weighted by Gasteiger charge is 2.47. The van der Waals surface area contributed by atoms with E-state index in [1.54, 1.807) is 36.4 Å². The third-order valence-electron chi connectivity index (χ3n) is 4.16. The van der Waals surface area contributed by atoms with Crippen molar-refractivity contribution in [3.63, 3.8) is 0 Å². The molecule has 0 radical (unpaired) electrons. The van der Waals surface area contributed by atoms with E-state index in [4.69, 9.17) is 9.15 Å². The Morgan fingerprint density at radius 1 is 1.20 bits per heavy atom. The number of amides is 1. The van der Waals surface area contributed by atoms with Gasteiger partial charge in [0.15, 0.2) is 12.2 Å². The summed E-state index contributed by atoms with van der Waals surface area (Å²) in [5, 5.41) is 0. The zero-order valence-electron chi connectivity index (χ0n) is 13.1. The van der Waals surface area contributed by atoms with E-state index in [9.17, 15) is 13.6 Å². The normalized spacial score (nSPS) is 15.8. The minimum Gasteiger partial charge on any atom is -0.439 e. The maximum Gasteiger partial charge on any atom is 0.415 e. The Hall–Kier alpha value is -2.96. The lowest BCUT2D eigenvalue weighted by molar-refractivity contribution is -0.147. The highest BCUT2D eigenvalue weighted by atomic mass is 19.3. The number of halogens is 2. The fourth-order valence-corrected chi connectivity index (χ4v) is 2.94. The summed E-state index contributed by atoms with van der Waals surface area (Å²) in [6, 6.07) is 9.85. The number of hydrogen-bond donors (Lipinski definition) is 0. The second-order valence-electron chi connectivity index (χ2n) is 5.73. The number of aromatic nitrogens is 1. The van der Waals surface area contributed by atoms with Gasteiger partial charge in [-0.1, -0.05) is 36.4 Å². The van der Waals surface area contributed by atoms with Crippen LogP contribution in [0.3, 0.4) is 0 Å². The Kier molecular flexibility index (Phi) is 3.63. The number of oxazole rings is 1. The SMILES string of the molecule is O=C(OCc1nc2ccccc2o1)N1CCc2ccccc2C1(F)F. The predicted octanol–water partition coefficient (Wildman–Crippen LogP) is 4.07. The summed E-state index contributed by atoms with van der Waals surface area (Å²) < 4.78 is 39.6. The monoisotopic (exact) mass is 344 g/mol. The highest BCUT2D eigenvalue weighted by molar-refractivity contribution is 5.72. The van der Waals surface area contributed by atoms with Crippen LogP contribution in [-0.2, 0) is 23.8 Å². The van der Waals surface area contributed by atoms with E-state index in [2.05, 4.69) is 4.98 Å². The molecule has 1 aromatic heterocycles. The van der Waals surface area contributed by atoms with Crippen molar-refractivity contribution in [1.29, 1.82) is 0 Å². The molecule has 1 aliphatic rings. The standard InChI is InChI=1S/C18H14F2N2O3/c19-18(20)13-6-2-1-5-12(13)9-10-22(18)17(23)24-11-16-21-14-7-3-4-8-15(14)25-16/h1-8H,9-11H2. The third kappa shape index (κ3) is 2.71. The molecule has 0 N–H and O–H groups in total. The average Bonchev–Trinajstić information content (AvgIpc) is 3.03. The van der Waals surface area contributed by atoms with Crippen molar-refractivity contribution in [2.24, 2.45) is 0 Å². The van der Waals surface area contributed by atoms with Gasteiger partial charge in [-0.2, -0.15) is 8.78 Å². The molecule has 1 amide bonds. The first-order valence-corrected chi connectivity index (χ1v) is 7.81. The number of para-hydroxylation sites is 2. The molecule has 3 aromatic rings. The van der Waals surface area contributed by atoms with Gasteiger partial charge in [-0.05, 0) is 24.1 Å². The van der Waals surface area contributed by atoms with Crippen LogP contribution in [-0.4, -0.2) is 22.5 Å². The molecule has 2 aromatic carbocycles. The number of hydrogen-bond acceptors (Lipinski definition) is 4.